The molecule has 1 aliphatic rings. The van der Waals surface area contributed by atoms with Gasteiger partial charge in [-0.05, 0) is 25.3 Å². The first-order chi connectivity index (χ1) is 9.08. The molecular formula is C13H16ClNO4. The Balaban J connectivity index is 2.21. The molecule has 0 bridgehead atoms. The van der Waals surface area contributed by atoms with E-state index in [9.17, 15) is 15.2 Å². The quantitative estimate of drug-likeness (QED) is 0.525. The fraction of sp³-hybridized carbons (Fsp3) is 0.538. The lowest BCUT2D eigenvalue weighted by molar-refractivity contribution is -0.386. The molecule has 5 nitrogen and oxygen atoms in total. The maximum Gasteiger partial charge on any atom is 0.311 e. The Kier molecular flexibility index (Phi) is 4.61. The minimum atomic E-state index is -0.582. The molecule has 1 fully saturated rings. The third kappa shape index (κ3) is 3.58. The minimum Gasteiger partial charge on any atom is -0.481 e. The van der Waals surface area contributed by atoms with Gasteiger partial charge in [-0.15, -0.1) is 0 Å². The Morgan fingerprint density at radius 2 is 2.05 bits per heavy atom. The van der Waals surface area contributed by atoms with Crippen LogP contribution < -0.4 is 4.74 Å². The Bertz CT molecular complexity index is 466. The van der Waals surface area contributed by atoms with Gasteiger partial charge < -0.3 is 9.84 Å². The van der Waals surface area contributed by atoms with Crippen molar-refractivity contribution in [3.63, 3.8) is 0 Å². The second-order valence-electron chi connectivity index (χ2n) is 4.73. The number of aliphatic hydroxyl groups excluding tert-OH is 1. The first-order valence-electron chi connectivity index (χ1n) is 6.36. The molecule has 0 saturated heterocycles. The molecule has 0 spiro atoms. The number of nitro benzene ring substituents is 1. The van der Waals surface area contributed by atoms with Gasteiger partial charge in [0.2, 0.25) is 0 Å². The number of rotatable bonds is 3. The molecule has 0 amide bonds. The third-order valence-corrected chi connectivity index (χ3v) is 3.55. The normalized spacial score (nSPS) is 23.7. The first-order valence-corrected chi connectivity index (χ1v) is 6.74. The van der Waals surface area contributed by atoms with Crippen LogP contribution in [0, 0.1) is 10.1 Å². The zero-order valence-corrected chi connectivity index (χ0v) is 11.2. The fourth-order valence-corrected chi connectivity index (χ4v) is 2.45. The number of ether oxygens (including phenoxy) is 1. The van der Waals surface area contributed by atoms with Gasteiger partial charge in [-0.3, -0.25) is 10.1 Å². The molecule has 1 saturated carbocycles. The van der Waals surface area contributed by atoms with Gasteiger partial charge in [-0.2, -0.15) is 0 Å². The molecule has 2 atom stereocenters. The Morgan fingerprint density at radius 1 is 1.32 bits per heavy atom. The highest BCUT2D eigenvalue weighted by molar-refractivity contribution is 6.30. The molecule has 0 radical (unpaired) electrons. The van der Waals surface area contributed by atoms with Crippen molar-refractivity contribution in [3.05, 3.63) is 33.3 Å². The van der Waals surface area contributed by atoms with Crippen molar-refractivity contribution < 1.29 is 14.8 Å². The van der Waals surface area contributed by atoms with Crippen LogP contribution in [0.2, 0.25) is 5.02 Å². The van der Waals surface area contributed by atoms with E-state index in [1.54, 1.807) is 0 Å². The van der Waals surface area contributed by atoms with E-state index in [1.807, 2.05) is 0 Å². The SMILES string of the molecule is O=[N+]([O-])c1ccc(Cl)cc1OC1CCCCCC1O. The van der Waals surface area contributed by atoms with Crippen molar-refractivity contribution >= 4 is 17.3 Å². The molecule has 0 aliphatic heterocycles. The molecule has 1 N–H and O–H groups in total. The van der Waals surface area contributed by atoms with E-state index in [2.05, 4.69) is 0 Å². The largest absolute Gasteiger partial charge is 0.481 e. The van der Waals surface area contributed by atoms with Crippen LogP contribution >= 0.6 is 11.6 Å². The van der Waals surface area contributed by atoms with Crippen LogP contribution in [0.15, 0.2) is 18.2 Å². The number of benzene rings is 1. The summed E-state index contributed by atoms with van der Waals surface area (Å²) in [7, 11) is 0. The van der Waals surface area contributed by atoms with Gasteiger partial charge in [0, 0.05) is 17.2 Å². The van der Waals surface area contributed by atoms with Gasteiger partial charge in [0.15, 0.2) is 5.75 Å². The van der Waals surface area contributed by atoms with E-state index < -0.39 is 17.1 Å². The van der Waals surface area contributed by atoms with Crippen molar-refractivity contribution in [2.45, 2.75) is 44.3 Å². The molecule has 1 aromatic carbocycles. The maximum absolute atomic E-state index is 10.9. The van der Waals surface area contributed by atoms with Crippen molar-refractivity contribution in [1.82, 2.24) is 0 Å². The Morgan fingerprint density at radius 3 is 2.79 bits per heavy atom. The fourth-order valence-electron chi connectivity index (χ4n) is 2.29. The van der Waals surface area contributed by atoms with Crippen LogP contribution in [0.3, 0.4) is 0 Å². The predicted octanol–water partition coefficient (Wildman–Crippen LogP) is 3.32. The topological polar surface area (TPSA) is 72.6 Å². The molecule has 19 heavy (non-hydrogen) atoms. The number of halogens is 1. The standard InChI is InChI=1S/C13H16ClNO4/c14-9-6-7-10(15(17)18)13(8-9)19-12-5-3-1-2-4-11(12)16/h6-8,11-12,16H,1-5H2. The van der Waals surface area contributed by atoms with Crippen LogP contribution in [0.1, 0.15) is 32.1 Å². The van der Waals surface area contributed by atoms with Crippen LogP contribution in [0.25, 0.3) is 0 Å². The smallest absolute Gasteiger partial charge is 0.311 e. The highest BCUT2D eigenvalue weighted by Gasteiger charge is 2.26. The highest BCUT2D eigenvalue weighted by atomic mass is 35.5. The second kappa shape index (κ2) is 6.21. The number of hydrogen-bond donors (Lipinski definition) is 1. The summed E-state index contributed by atoms with van der Waals surface area (Å²) < 4.78 is 5.64. The average Bonchev–Trinajstić information content (AvgIpc) is 2.55. The predicted molar refractivity (Wildman–Crippen MR) is 71.6 cm³/mol. The van der Waals surface area contributed by atoms with E-state index in [1.165, 1.54) is 18.2 Å². The molecule has 0 aromatic heterocycles. The van der Waals surface area contributed by atoms with Crippen molar-refractivity contribution in [3.8, 4) is 5.75 Å². The van der Waals surface area contributed by atoms with E-state index >= 15 is 0 Å². The lowest BCUT2D eigenvalue weighted by Gasteiger charge is -2.21. The minimum absolute atomic E-state index is 0.124. The van der Waals surface area contributed by atoms with Crippen LogP contribution in [0.4, 0.5) is 5.69 Å². The number of nitro groups is 1. The van der Waals surface area contributed by atoms with E-state index in [-0.39, 0.29) is 11.4 Å². The zero-order chi connectivity index (χ0) is 13.8. The second-order valence-corrected chi connectivity index (χ2v) is 5.17. The Hall–Kier alpha value is -1.33. The molecule has 1 aromatic rings. The summed E-state index contributed by atoms with van der Waals surface area (Å²) >= 11 is 5.84. The number of hydrogen-bond acceptors (Lipinski definition) is 4. The van der Waals surface area contributed by atoms with Crippen molar-refractivity contribution in [2.75, 3.05) is 0 Å². The monoisotopic (exact) mass is 285 g/mol. The van der Waals surface area contributed by atoms with Gasteiger partial charge in [0.1, 0.15) is 6.10 Å². The summed E-state index contributed by atoms with van der Waals surface area (Å²) in [6, 6.07) is 4.20. The van der Waals surface area contributed by atoms with Crippen LogP contribution in [-0.2, 0) is 0 Å². The molecule has 1 aliphatic carbocycles. The summed E-state index contributed by atoms with van der Waals surface area (Å²) in [5, 5.41) is 21.3. The molecule has 0 heterocycles. The van der Waals surface area contributed by atoms with Gasteiger partial charge in [-0.25, -0.2) is 0 Å². The maximum atomic E-state index is 10.9. The number of aliphatic hydroxyl groups is 1. The molecule has 6 heteroatoms. The third-order valence-electron chi connectivity index (χ3n) is 3.31. The molecular weight excluding hydrogens is 270 g/mol. The summed E-state index contributed by atoms with van der Waals surface area (Å²) in [5.74, 6) is 0.128. The number of nitrogens with zero attached hydrogens (tertiary/aromatic N) is 1. The first kappa shape index (κ1) is 14.1. The van der Waals surface area contributed by atoms with E-state index in [4.69, 9.17) is 16.3 Å². The van der Waals surface area contributed by atoms with E-state index in [0.717, 1.165) is 19.3 Å². The summed E-state index contributed by atoms with van der Waals surface area (Å²) in [4.78, 5) is 10.4. The zero-order valence-electron chi connectivity index (χ0n) is 10.4. The summed E-state index contributed by atoms with van der Waals surface area (Å²) in [5.41, 5.74) is -0.124. The lowest BCUT2D eigenvalue weighted by Crippen LogP contribution is -2.30. The van der Waals surface area contributed by atoms with Crippen LogP contribution in [0.5, 0.6) is 5.75 Å². The van der Waals surface area contributed by atoms with Crippen molar-refractivity contribution in [2.24, 2.45) is 0 Å². The van der Waals surface area contributed by atoms with Crippen molar-refractivity contribution in [1.29, 1.82) is 0 Å². The van der Waals surface area contributed by atoms with Gasteiger partial charge in [0.05, 0.1) is 11.0 Å². The molecule has 2 unspecified atom stereocenters. The highest BCUT2D eigenvalue weighted by Crippen LogP contribution is 2.33. The van der Waals surface area contributed by atoms with Gasteiger partial charge >= 0.3 is 5.69 Å². The average molecular weight is 286 g/mol. The molecule has 104 valence electrons. The van der Waals surface area contributed by atoms with Crippen LogP contribution in [-0.4, -0.2) is 22.2 Å². The summed E-state index contributed by atoms with van der Waals surface area (Å²) in [6.45, 7) is 0. The van der Waals surface area contributed by atoms with E-state index in [0.29, 0.717) is 17.9 Å². The molecule has 2 rings (SSSR count). The Labute approximate surface area is 116 Å². The summed E-state index contributed by atoms with van der Waals surface area (Å²) in [6.07, 6.45) is 3.34. The lowest BCUT2D eigenvalue weighted by atomic mass is 10.1. The van der Waals surface area contributed by atoms with Gasteiger partial charge in [0.25, 0.3) is 0 Å². The van der Waals surface area contributed by atoms with Gasteiger partial charge in [-0.1, -0.05) is 24.4 Å².